The summed E-state index contributed by atoms with van der Waals surface area (Å²) in [5.74, 6) is 0. The summed E-state index contributed by atoms with van der Waals surface area (Å²) in [7, 11) is 0. The highest BCUT2D eigenvalue weighted by Crippen LogP contribution is 2.37. The SMILES string of the molecule is CC(C)N(C(C)C)C1(CO)CCCC1. The first-order chi connectivity index (χ1) is 6.53. The van der Waals surface area contributed by atoms with Crippen LogP contribution < -0.4 is 0 Å². The molecule has 0 spiro atoms. The number of aliphatic hydroxyl groups excluding tert-OH is 1. The Morgan fingerprint density at radius 1 is 1.07 bits per heavy atom. The van der Waals surface area contributed by atoms with Crippen LogP contribution in [0, 0.1) is 0 Å². The minimum Gasteiger partial charge on any atom is -0.394 e. The summed E-state index contributed by atoms with van der Waals surface area (Å²) in [5, 5.41) is 9.64. The fraction of sp³-hybridized carbons (Fsp3) is 1.00. The van der Waals surface area contributed by atoms with Crippen molar-refractivity contribution in [2.45, 2.75) is 71.0 Å². The molecule has 0 heterocycles. The third-order valence-electron chi connectivity index (χ3n) is 3.49. The van der Waals surface area contributed by atoms with Crippen molar-refractivity contribution in [1.29, 1.82) is 0 Å². The number of hydrogen-bond donors (Lipinski definition) is 1. The Labute approximate surface area is 88.3 Å². The summed E-state index contributed by atoms with van der Waals surface area (Å²) in [6, 6.07) is 1.06. The molecule has 2 heteroatoms. The lowest BCUT2D eigenvalue weighted by molar-refractivity contribution is -0.0117. The molecule has 1 rings (SSSR count). The van der Waals surface area contributed by atoms with Crippen molar-refractivity contribution >= 4 is 0 Å². The maximum Gasteiger partial charge on any atom is 0.0615 e. The van der Waals surface area contributed by atoms with Gasteiger partial charge in [-0.25, -0.2) is 0 Å². The fourth-order valence-electron chi connectivity index (χ4n) is 3.22. The van der Waals surface area contributed by atoms with Crippen LogP contribution in [0.1, 0.15) is 53.4 Å². The number of rotatable bonds is 4. The maximum absolute atomic E-state index is 9.64. The van der Waals surface area contributed by atoms with Crippen molar-refractivity contribution in [1.82, 2.24) is 4.90 Å². The van der Waals surface area contributed by atoms with Crippen LogP contribution in [0.4, 0.5) is 0 Å². The van der Waals surface area contributed by atoms with Gasteiger partial charge in [-0.15, -0.1) is 0 Å². The van der Waals surface area contributed by atoms with Gasteiger partial charge in [0.25, 0.3) is 0 Å². The fourth-order valence-corrected chi connectivity index (χ4v) is 3.22. The Hall–Kier alpha value is -0.0800. The van der Waals surface area contributed by atoms with Crippen LogP contribution in [-0.4, -0.2) is 34.2 Å². The standard InChI is InChI=1S/C12H25NO/c1-10(2)13(11(3)4)12(9-14)7-5-6-8-12/h10-11,14H,5-9H2,1-4H3. The van der Waals surface area contributed by atoms with Crippen LogP contribution in [-0.2, 0) is 0 Å². The van der Waals surface area contributed by atoms with Gasteiger partial charge in [0.05, 0.1) is 6.61 Å². The van der Waals surface area contributed by atoms with Gasteiger partial charge in [0, 0.05) is 17.6 Å². The smallest absolute Gasteiger partial charge is 0.0615 e. The van der Waals surface area contributed by atoms with E-state index in [2.05, 4.69) is 32.6 Å². The van der Waals surface area contributed by atoms with Gasteiger partial charge in [-0.2, -0.15) is 0 Å². The number of aliphatic hydroxyl groups is 1. The molecule has 0 aliphatic heterocycles. The van der Waals surface area contributed by atoms with E-state index in [-0.39, 0.29) is 5.54 Å². The van der Waals surface area contributed by atoms with Gasteiger partial charge in [-0.05, 0) is 40.5 Å². The third-order valence-corrected chi connectivity index (χ3v) is 3.49. The molecule has 0 aromatic heterocycles. The number of nitrogens with zero attached hydrogens (tertiary/aromatic N) is 1. The Morgan fingerprint density at radius 2 is 1.50 bits per heavy atom. The molecule has 1 fully saturated rings. The molecule has 1 N–H and O–H groups in total. The van der Waals surface area contributed by atoms with Gasteiger partial charge in [0.2, 0.25) is 0 Å². The third kappa shape index (κ3) is 2.12. The van der Waals surface area contributed by atoms with E-state index in [1.54, 1.807) is 0 Å². The van der Waals surface area contributed by atoms with Gasteiger partial charge in [0.1, 0.15) is 0 Å². The lowest BCUT2D eigenvalue weighted by atomic mass is 9.93. The highest BCUT2D eigenvalue weighted by atomic mass is 16.3. The monoisotopic (exact) mass is 199 g/mol. The zero-order chi connectivity index (χ0) is 10.8. The van der Waals surface area contributed by atoms with E-state index in [1.807, 2.05) is 0 Å². The van der Waals surface area contributed by atoms with Gasteiger partial charge in [0.15, 0.2) is 0 Å². The molecule has 0 aromatic carbocycles. The summed E-state index contributed by atoms with van der Waals surface area (Å²) in [6.07, 6.45) is 4.88. The van der Waals surface area contributed by atoms with E-state index in [0.29, 0.717) is 18.7 Å². The second-order valence-corrected chi connectivity index (χ2v) is 5.18. The van der Waals surface area contributed by atoms with E-state index < -0.39 is 0 Å². The normalized spacial score (nSPS) is 21.4. The van der Waals surface area contributed by atoms with Crippen LogP contribution in [0.5, 0.6) is 0 Å². The maximum atomic E-state index is 9.64. The molecular formula is C12H25NO. The van der Waals surface area contributed by atoms with E-state index in [9.17, 15) is 5.11 Å². The van der Waals surface area contributed by atoms with Crippen LogP contribution in [0.15, 0.2) is 0 Å². The van der Waals surface area contributed by atoms with E-state index in [4.69, 9.17) is 0 Å². The molecule has 1 aliphatic carbocycles. The zero-order valence-electron chi connectivity index (χ0n) is 10.1. The van der Waals surface area contributed by atoms with Crippen LogP contribution in [0.25, 0.3) is 0 Å². The van der Waals surface area contributed by atoms with E-state index >= 15 is 0 Å². The molecule has 0 amide bonds. The molecule has 2 nitrogen and oxygen atoms in total. The summed E-state index contributed by atoms with van der Waals surface area (Å²) in [6.45, 7) is 9.25. The van der Waals surface area contributed by atoms with Crippen LogP contribution in [0.3, 0.4) is 0 Å². The summed E-state index contributed by atoms with van der Waals surface area (Å²) in [5.41, 5.74) is 0.0856. The molecule has 1 aliphatic rings. The van der Waals surface area contributed by atoms with Crippen molar-refractivity contribution in [2.75, 3.05) is 6.61 Å². The van der Waals surface area contributed by atoms with Crippen molar-refractivity contribution in [3.63, 3.8) is 0 Å². The molecule has 84 valence electrons. The number of hydrogen-bond acceptors (Lipinski definition) is 2. The van der Waals surface area contributed by atoms with Crippen LogP contribution in [0.2, 0.25) is 0 Å². The Balaban J connectivity index is 2.83. The topological polar surface area (TPSA) is 23.5 Å². The predicted octanol–water partition coefficient (Wildman–Crippen LogP) is 2.41. The quantitative estimate of drug-likeness (QED) is 0.751. The predicted molar refractivity (Wildman–Crippen MR) is 60.4 cm³/mol. The van der Waals surface area contributed by atoms with Gasteiger partial charge < -0.3 is 5.11 Å². The van der Waals surface area contributed by atoms with Crippen molar-refractivity contribution in [2.24, 2.45) is 0 Å². The van der Waals surface area contributed by atoms with Crippen molar-refractivity contribution < 1.29 is 5.11 Å². The van der Waals surface area contributed by atoms with E-state index in [0.717, 1.165) is 0 Å². The molecule has 1 saturated carbocycles. The van der Waals surface area contributed by atoms with Gasteiger partial charge >= 0.3 is 0 Å². The first kappa shape index (κ1) is 12.0. The molecule has 0 radical (unpaired) electrons. The molecular weight excluding hydrogens is 174 g/mol. The molecule has 0 bridgehead atoms. The minimum absolute atomic E-state index is 0.0856. The molecule has 0 saturated heterocycles. The van der Waals surface area contributed by atoms with Gasteiger partial charge in [-0.3, -0.25) is 4.90 Å². The van der Waals surface area contributed by atoms with Gasteiger partial charge in [-0.1, -0.05) is 12.8 Å². The first-order valence-corrected chi connectivity index (χ1v) is 5.93. The second kappa shape index (κ2) is 4.63. The second-order valence-electron chi connectivity index (χ2n) is 5.18. The largest absolute Gasteiger partial charge is 0.394 e. The Bertz CT molecular complexity index is 163. The summed E-state index contributed by atoms with van der Waals surface area (Å²) >= 11 is 0. The average molecular weight is 199 g/mol. The molecule has 0 aromatic rings. The molecule has 0 unspecified atom stereocenters. The van der Waals surface area contributed by atoms with Crippen LogP contribution >= 0.6 is 0 Å². The molecule has 14 heavy (non-hydrogen) atoms. The highest BCUT2D eigenvalue weighted by Gasteiger charge is 2.41. The Kier molecular flexibility index (Phi) is 3.96. The lowest BCUT2D eigenvalue weighted by Crippen LogP contribution is -2.55. The Morgan fingerprint density at radius 3 is 1.79 bits per heavy atom. The summed E-state index contributed by atoms with van der Waals surface area (Å²) < 4.78 is 0. The first-order valence-electron chi connectivity index (χ1n) is 5.93. The summed E-state index contributed by atoms with van der Waals surface area (Å²) in [4.78, 5) is 2.50. The minimum atomic E-state index is 0.0856. The average Bonchev–Trinajstić information content (AvgIpc) is 2.52. The van der Waals surface area contributed by atoms with E-state index in [1.165, 1.54) is 25.7 Å². The zero-order valence-corrected chi connectivity index (χ0v) is 10.1. The highest BCUT2D eigenvalue weighted by molar-refractivity contribution is 4.97. The lowest BCUT2D eigenvalue weighted by Gasteiger charge is -2.45. The van der Waals surface area contributed by atoms with Crippen molar-refractivity contribution in [3.05, 3.63) is 0 Å². The molecule has 0 atom stereocenters. The van der Waals surface area contributed by atoms with Crippen molar-refractivity contribution in [3.8, 4) is 0 Å².